The molecule has 0 saturated heterocycles. The van der Waals surface area contributed by atoms with E-state index >= 15 is 0 Å². The second kappa shape index (κ2) is 5.87. The predicted molar refractivity (Wildman–Crippen MR) is 88.1 cm³/mol. The first-order chi connectivity index (χ1) is 9.37. The molecule has 1 aromatic heterocycles. The summed E-state index contributed by atoms with van der Waals surface area (Å²) >= 11 is 4.64. The predicted octanol–water partition coefficient (Wildman–Crippen LogP) is 4.34. The smallest absolute Gasteiger partial charge is 0.266 e. The van der Waals surface area contributed by atoms with Crippen LogP contribution >= 0.6 is 27.3 Å². The van der Waals surface area contributed by atoms with Crippen molar-refractivity contribution in [1.82, 2.24) is 0 Å². The van der Waals surface area contributed by atoms with Crippen molar-refractivity contribution in [1.29, 1.82) is 0 Å². The van der Waals surface area contributed by atoms with Gasteiger partial charge in [-0.05, 0) is 60.0 Å². The number of hydrogen-bond donors (Lipinski definition) is 0. The molecule has 20 heavy (non-hydrogen) atoms. The number of hydrogen-bond acceptors (Lipinski definition) is 3. The molecule has 6 heteroatoms. The number of para-hydroxylation sites is 1. The highest BCUT2D eigenvalue weighted by molar-refractivity contribution is 9.11. The molecule has 0 unspecified atom stereocenters. The Bertz CT molecular complexity index is 703. The Kier molecular flexibility index (Phi) is 4.56. The van der Waals surface area contributed by atoms with Crippen molar-refractivity contribution in [2.45, 2.75) is 25.0 Å². The Hall–Kier alpha value is -0.850. The van der Waals surface area contributed by atoms with Crippen LogP contribution in [0.1, 0.15) is 18.1 Å². The zero-order chi connectivity index (χ0) is 14.9. The third kappa shape index (κ3) is 2.77. The Labute approximate surface area is 132 Å². The van der Waals surface area contributed by atoms with E-state index in [0.29, 0.717) is 10.8 Å². The Morgan fingerprint density at radius 2 is 1.85 bits per heavy atom. The molecule has 2 rings (SSSR count). The van der Waals surface area contributed by atoms with E-state index in [1.54, 1.807) is 6.07 Å². The number of thiophene rings is 1. The maximum Gasteiger partial charge on any atom is 0.273 e. The van der Waals surface area contributed by atoms with E-state index in [9.17, 15) is 8.42 Å². The normalized spacial score (nSPS) is 11.6. The fourth-order valence-corrected chi connectivity index (χ4v) is 5.86. The molecule has 0 aliphatic carbocycles. The number of nitrogens with zero attached hydrogens (tertiary/aromatic N) is 1. The molecule has 0 amide bonds. The molecule has 0 atom stereocenters. The molecule has 0 N–H and O–H groups in total. The van der Waals surface area contributed by atoms with Crippen LogP contribution in [-0.2, 0) is 10.0 Å². The first-order valence-corrected chi connectivity index (χ1v) is 9.27. The summed E-state index contributed by atoms with van der Waals surface area (Å²) < 4.78 is 28.3. The molecule has 3 nitrogen and oxygen atoms in total. The topological polar surface area (TPSA) is 37.4 Å². The SMILES string of the molecule is CCN(c1ccccc1C)S(=O)(=O)c1cc(C)c(Br)s1. The van der Waals surface area contributed by atoms with Gasteiger partial charge in [-0.2, -0.15) is 0 Å². The van der Waals surface area contributed by atoms with Crippen LogP contribution in [0.2, 0.25) is 0 Å². The lowest BCUT2D eigenvalue weighted by Crippen LogP contribution is -2.30. The minimum Gasteiger partial charge on any atom is -0.266 e. The highest BCUT2D eigenvalue weighted by Gasteiger charge is 2.26. The van der Waals surface area contributed by atoms with Gasteiger partial charge >= 0.3 is 0 Å². The van der Waals surface area contributed by atoms with E-state index in [4.69, 9.17) is 0 Å². The molecule has 2 aromatic rings. The molecule has 1 heterocycles. The van der Waals surface area contributed by atoms with Crippen molar-refractivity contribution in [2.24, 2.45) is 0 Å². The first-order valence-electron chi connectivity index (χ1n) is 6.22. The van der Waals surface area contributed by atoms with Crippen LogP contribution < -0.4 is 4.31 Å². The molecular formula is C14H16BrNO2S2. The largest absolute Gasteiger partial charge is 0.273 e. The van der Waals surface area contributed by atoms with Crippen molar-refractivity contribution >= 4 is 43.0 Å². The summed E-state index contributed by atoms with van der Waals surface area (Å²) in [4.78, 5) is 0. The zero-order valence-electron chi connectivity index (χ0n) is 11.6. The quantitative estimate of drug-likeness (QED) is 0.798. The second-order valence-electron chi connectivity index (χ2n) is 4.48. The summed E-state index contributed by atoms with van der Waals surface area (Å²) in [6.45, 7) is 6.06. The molecule has 108 valence electrons. The lowest BCUT2D eigenvalue weighted by atomic mass is 10.2. The van der Waals surface area contributed by atoms with Gasteiger partial charge in [-0.1, -0.05) is 18.2 Å². The number of benzene rings is 1. The van der Waals surface area contributed by atoms with Crippen molar-refractivity contribution in [2.75, 3.05) is 10.8 Å². The van der Waals surface area contributed by atoms with Crippen LogP contribution in [0.5, 0.6) is 0 Å². The van der Waals surface area contributed by atoms with Gasteiger partial charge < -0.3 is 0 Å². The highest BCUT2D eigenvalue weighted by atomic mass is 79.9. The maximum atomic E-state index is 12.8. The Morgan fingerprint density at radius 1 is 1.20 bits per heavy atom. The minimum absolute atomic E-state index is 0.368. The van der Waals surface area contributed by atoms with E-state index in [0.717, 1.165) is 20.6 Å². The van der Waals surface area contributed by atoms with Gasteiger partial charge in [0, 0.05) is 6.54 Å². The Morgan fingerprint density at radius 3 is 2.35 bits per heavy atom. The van der Waals surface area contributed by atoms with Crippen LogP contribution in [0.3, 0.4) is 0 Å². The van der Waals surface area contributed by atoms with Gasteiger partial charge in [0.25, 0.3) is 10.0 Å². The van der Waals surface area contributed by atoms with Crippen molar-refractivity contribution in [3.63, 3.8) is 0 Å². The fraction of sp³-hybridized carbons (Fsp3) is 0.286. The maximum absolute atomic E-state index is 12.8. The standard InChI is InChI=1S/C14H16BrNO2S2/c1-4-16(12-8-6-5-7-10(12)2)20(17,18)13-9-11(3)14(15)19-13/h5-9H,4H2,1-3H3. The molecule has 0 bridgehead atoms. The lowest BCUT2D eigenvalue weighted by molar-refractivity contribution is 0.593. The van der Waals surface area contributed by atoms with E-state index in [1.807, 2.05) is 45.0 Å². The minimum atomic E-state index is -3.51. The molecule has 0 aliphatic heterocycles. The molecule has 0 fully saturated rings. The summed E-state index contributed by atoms with van der Waals surface area (Å²) in [7, 11) is -3.51. The van der Waals surface area contributed by atoms with Crippen LogP contribution in [0, 0.1) is 13.8 Å². The number of halogens is 1. The summed E-state index contributed by atoms with van der Waals surface area (Å²) in [6.07, 6.45) is 0. The summed E-state index contributed by atoms with van der Waals surface area (Å²) in [5, 5.41) is 0. The van der Waals surface area contributed by atoms with Crippen molar-refractivity contribution in [3.05, 3.63) is 45.2 Å². The van der Waals surface area contributed by atoms with Crippen molar-refractivity contribution < 1.29 is 8.42 Å². The average molecular weight is 374 g/mol. The first kappa shape index (κ1) is 15.5. The Balaban J connectivity index is 2.53. The van der Waals surface area contributed by atoms with E-state index in [2.05, 4.69) is 15.9 Å². The van der Waals surface area contributed by atoms with Crippen LogP contribution in [0.4, 0.5) is 5.69 Å². The zero-order valence-corrected chi connectivity index (χ0v) is 14.8. The second-order valence-corrected chi connectivity index (χ2v) is 8.94. The number of aryl methyl sites for hydroxylation is 2. The van der Waals surface area contributed by atoms with Gasteiger partial charge in [-0.25, -0.2) is 8.42 Å². The summed E-state index contributed by atoms with van der Waals surface area (Å²) in [6, 6.07) is 9.24. The van der Waals surface area contributed by atoms with Gasteiger partial charge in [-0.15, -0.1) is 11.3 Å². The van der Waals surface area contributed by atoms with E-state index in [1.165, 1.54) is 15.6 Å². The summed E-state index contributed by atoms with van der Waals surface area (Å²) in [5.74, 6) is 0. The third-order valence-corrected chi connectivity index (χ3v) is 7.52. The number of sulfonamides is 1. The summed E-state index contributed by atoms with van der Waals surface area (Å²) in [5.41, 5.74) is 2.62. The van der Waals surface area contributed by atoms with Gasteiger partial charge in [0.2, 0.25) is 0 Å². The fourth-order valence-electron chi connectivity index (χ4n) is 1.98. The third-order valence-electron chi connectivity index (χ3n) is 3.05. The van der Waals surface area contributed by atoms with Gasteiger partial charge in [-0.3, -0.25) is 4.31 Å². The molecule has 1 aromatic carbocycles. The lowest BCUT2D eigenvalue weighted by Gasteiger charge is -2.23. The van der Waals surface area contributed by atoms with Gasteiger partial charge in [0.1, 0.15) is 4.21 Å². The average Bonchev–Trinajstić information content (AvgIpc) is 2.73. The number of anilines is 1. The van der Waals surface area contributed by atoms with Crippen molar-refractivity contribution in [3.8, 4) is 0 Å². The van der Waals surface area contributed by atoms with E-state index < -0.39 is 10.0 Å². The molecule has 0 saturated carbocycles. The van der Waals surface area contributed by atoms with Gasteiger partial charge in [0.05, 0.1) is 9.47 Å². The number of rotatable bonds is 4. The highest BCUT2D eigenvalue weighted by Crippen LogP contribution is 2.34. The van der Waals surface area contributed by atoms with Crippen LogP contribution in [0.15, 0.2) is 38.3 Å². The van der Waals surface area contributed by atoms with Gasteiger partial charge in [0.15, 0.2) is 0 Å². The van der Waals surface area contributed by atoms with Crippen LogP contribution in [-0.4, -0.2) is 15.0 Å². The van der Waals surface area contributed by atoms with E-state index in [-0.39, 0.29) is 0 Å². The molecule has 0 spiro atoms. The monoisotopic (exact) mass is 373 g/mol. The molecule has 0 aliphatic rings. The van der Waals surface area contributed by atoms with Crippen LogP contribution in [0.25, 0.3) is 0 Å². The molecule has 0 radical (unpaired) electrons. The molecular weight excluding hydrogens is 358 g/mol.